The molecule has 0 fully saturated rings. The maximum atomic E-state index is 6.21. The molecule has 2 nitrogen and oxygen atoms in total. The summed E-state index contributed by atoms with van der Waals surface area (Å²) in [5.41, 5.74) is 9.29. The molecule has 2 aromatic carbocycles. The van der Waals surface area contributed by atoms with Crippen LogP contribution in [0, 0.1) is 0 Å². The fourth-order valence-electron chi connectivity index (χ4n) is 2.22. The molecule has 0 radical (unpaired) electrons. The SMILES string of the molecule is CN(Cc1ccccc1Cl)c1ccccc1CCN. The molecule has 2 N–H and O–H groups in total. The fraction of sp³-hybridized carbons (Fsp3) is 0.250. The lowest BCUT2D eigenvalue weighted by atomic mass is 10.1. The van der Waals surface area contributed by atoms with Gasteiger partial charge < -0.3 is 10.6 Å². The van der Waals surface area contributed by atoms with Gasteiger partial charge in [-0.1, -0.05) is 48.0 Å². The van der Waals surface area contributed by atoms with Crippen LogP contribution in [0.3, 0.4) is 0 Å². The highest BCUT2D eigenvalue weighted by Gasteiger charge is 2.08. The number of hydrogen-bond donors (Lipinski definition) is 1. The second-order valence-corrected chi connectivity index (χ2v) is 5.02. The number of anilines is 1. The summed E-state index contributed by atoms with van der Waals surface area (Å²) < 4.78 is 0. The van der Waals surface area contributed by atoms with E-state index < -0.39 is 0 Å². The smallest absolute Gasteiger partial charge is 0.0455 e. The third-order valence-electron chi connectivity index (χ3n) is 3.18. The van der Waals surface area contributed by atoms with E-state index in [1.54, 1.807) is 0 Å². The Hall–Kier alpha value is -1.51. The van der Waals surface area contributed by atoms with Crippen LogP contribution >= 0.6 is 11.6 Å². The molecule has 0 aliphatic rings. The first-order chi connectivity index (χ1) is 9.22. The summed E-state index contributed by atoms with van der Waals surface area (Å²) in [5.74, 6) is 0. The van der Waals surface area contributed by atoms with Crippen molar-refractivity contribution in [2.75, 3.05) is 18.5 Å². The highest BCUT2D eigenvalue weighted by molar-refractivity contribution is 6.31. The number of nitrogens with zero attached hydrogens (tertiary/aromatic N) is 1. The molecule has 0 bridgehead atoms. The zero-order valence-electron chi connectivity index (χ0n) is 11.1. The molecule has 19 heavy (non-hydrogen) atoms. The van der Waals surface area contributed by atoms with Gasteiger partial charge in [0.15, 0.2) is 0 Å². The molecule has 2 aromatic rings. The predicted octanol–water partition coefficient (Wildman–Crippen LogP) is 3.48. The monoisotopic (exact) mass is 274 g/mol. The van der Waals surface area contributed by atoms with Crippen molar-refractivity contribution in [2.24, 2.45) is 5.73 Å². The largest absolute Gasteiger partial charge is 0.370 e. The molecule has 2 rings (SSSR count). The quantitative estimate of drug-likeness (QED) is 0.904. The molecule has 0 amide bonds. The van der Waals surface area contributed by atoms with Crippen LogP contribution in [0.2, 0.25) is 5.02 Å². The molecule has 0 atom stereocenters. The van der Waals surface area contributed by atoms with Gasteiger partial charge in [0.25, 0.3) is 0 Å². The van der Waals surface area contributed by atoms with Gasteiger partial charge in [0.2, 0.25) is 0 Å². The van der Waals surface area contributed by atoms with Gasteiger partial charge in [-0.15, -0.1) is 0 Å². The molecule has 0 heterocycles. The maximum Gasteiger partial charge on any atom is 0.0455 e. The van der Waals surface area contributed by atoms with E-state index in [0.29, 0.717) is 6.54 Å². The van der Waals surface area contributed by atoms with Crippen LogP contribution in [0.4, 0.5) is 5.69 Å². The molecule has 100 valence electrons. The Kier molecular flexibility index (Phi) is 4.83. The summed E-state index contributed by atoms with van der Waals surface area (Å²) in [6.07, 6.45) is 0.892. The Morgan fingerprint density at radius 2 is 1.63 bits per heavy atom. The molecule has 0 aliphatic heterocycles. The third-order valence-corrected chi connectivity index (χ3v) is 3.55. The number of nitrogens with two attached hydrogens (primary N) is 1. The van der Waals surface area contributed by atoms with Gasteiger partial charge in [0.1, 0.15) is 0 Å². The maximum absolute atomic E-state index is 6.21. The van der Waals surface area contributed by atoms with Gasteiger partial charge >= 0.3 is 0 Å². The normalized spacial score (nSPS) is 10.5. The summed E-state index contributed by atoms with van der Waals surface area (Å²) in [7, 11) is 2.08. The molecule has 0 spiro atoms. The fourth-order valence-corrected chi connectivity index (χ4v) is 2.41. The zero-order chi connectivity index (χ0) is 13.7. The van der Waals surface area contributed by atoms with Crippen molar-refractivity contribution in [3.63, 3.8) is 0 Å². The van der Waals surface area contributed by atoms with Crippen molar-refractivity contribution >= 4 is 17.3 Å². The molecule has 3 heteroatoms. The number of hydrogen-bond acceptors (Lipinski definition) is 2. The predicted molar refractivity (Wildman–Crippen MR) is 82.8 cm³/mol. The number of para-hydroxylation sites is 1. The van der Waals surface area contributed by atoms with Crippen LogP contribution < -0.4 is 10.6 Å². The average molecular weight is 275 g/mol. The van der Waals surface area contributed by atoms with Crippen LogP contribution in [0.15, 0.2) is 48.5 Å². The van der Waals surface area contributed by atoms with Crippen LogP contribution in [-0.4, -0.2) is 13.6 Å². The van der Waals surface area contributed by atoms with E-state index >= 15 is 0 Å². The van der Waals surface area contributed by atoms with Crippen LogP contribution in [0.5, 0.6) is 0 Å². The topological polar surface area (TPSA) is 29.3 Å². The molecule has 0 aromatic heterocycles. The summed E-state index contributed by atoms with van der Waals surface area (Å²) in [6, 6.07) is 16.3. The number of benzene rings is 2. The minimum atomic E-state index is 0.664. The third kappa shape index (κ3) is 3.49. The zero-order valence-corrected chi connectivity index (χ0v) is 11.9. The van der Waals surface area contributed by atoms with E-state index in [4.69, 9.17) is 17.3 Å². The first kappa shape index (κ1) is 13.9. The minimum absolute atomic E-state index is 0.664. The van der Waals surface area contributed by atoms with E-state index in [2.05, 4.69) is 42.3 Å². The standard InChI is InChI=1S/C16H19ClN2/c1-19(12-14-7-2-4-8-15(14)17)16-9-5-3-6-13(16)10-11-18/h2-9H,10-12,18H2,1H3. The molecular formula is C16H19ClN2. The van der Waals surface area contributed by atoms with E-state index in [1.165, 1.54) is 11.3 Å². The van der Waals surface area contributed by atoms with Crippen molar-refractivity contribution in [3.8, 4) is 0 Å². The van der Waals surface area contributed by atoms with Crippen LogP contribution in [0.25, 0.3) is 0 Å². The molecule has 0 saturated carbocycles. The molecule has 0 aliphatic carbocycles. The lowest BCUT2D eigenvalue weighted by Crippen LogP contribution is -2.19. The first-order valence-corrected chi connectivity index (χ1v) is 6.82. The summed E-state index contributed by atoms with van der Waals surface area (Å²) in [6.45, 7) is 1.46. The second-order valence-electron chi connectivity index (χ2n) is 4.61. The molecule has 0 saturated heterocycles. The Bertz CT molecular complexity index is 540. The summed E-state index contributed by atoms with van der Waals surface area (Å²) in [4.78, 5) is 2.21. The van der Waals surface area contributed by atoms with Crippen molar-refractivity contribution in [1.29, 1.82) is 0 Å². The van der Waals surface area contributed by atoms with Gasteiger partial charge in [-0.05, 0) is 36.2 Å². The van der Waals surface area contributed by atoms with Gasteiger partial charge in [-0.3, -0.25) is 0 Å². The average Bonchev–Trinajstić information content (AvgIpc) is 2.42. The highest BCUT2D eigenvalue weighted by Crippen LogP contribution is 2.23. The van der Waals surface area contributed by atoms with E-state index in [9.17, 15) is 0 Å². The van der Waals surface area contributed by atoms with Gasteiger partial charge in [0, 0.05) is 24.3 Å². The van der Waals surface area contributed by atoms with E-state index in [-0.39, 0.29) is 0 Å². The molecule has 0 unspecified atom stereocenters. The first-order valence-electron chi connectivity index (χ1n) is 6.45. The van der Waals surface area contributed by atoms with Crippen molar-refractivity contribution in [3.05, 3.63) is 64.7 Å². The Balaban J connectivity index is 2.20. The molecular weight excluding hydrogens is 256 g/mol. The lowest BCUT2D eigenvalue weighted by Gasteiger charge is -2.23. The van der Waals surface area contributed by atoms with Crippen LogP contribution in [0.1, 0.15) is 11.1 Å². The Labute approximate surface area is 119 Å². The Morgan fingerprint density at radius 3 is 2.32 bits per heavy atom. The van der Waals surface area contributed by atoms with Gasteiger partial charge in [-0.25, -0.2) is 0 Å². The van der Waals surface area contributed by atoms with Crippen molar-refractivity contribution < 1.29 is 0 Å². The minimum Gasteiger partial charge on any atom is -0.370 e. The second kappa shape index (κ2) is 6.60. The highest BCUT2D eigenvalue weighted by atomic mass is 35.5. The summed E-state index contributed by atoms with van der Waals surface area (Å²) in [5, 5.41) is 0.811. The van der Waals surface area contributed by atoms with Gasteiger partial charge in [0.05, 0.1) is 0 Å². The summed E-state index contributed by atoms with van der Waals surface area (Å²) >= 11 is 6.21. The van der Waals surface area contributed by atoms with Gasteiger partial charge in [-0.2, -0.15) is 0 Å². The number of halogens is 1. The lowest BCUT2D eigenvalue weighted by molar-refractivity contribution is 0.893. The van der Waals surface area contributed by atoms with Crippen molar-refractivity contribution in [2.45, 2.75) is 13.0 Å². The number of rotatable bonds is 5. The Morgan fingerprint density at radius 1 is 1.00 bits per heavy atom. The van der Waals surface area contributed by atoms with Crippen LogP contribution in [-0.2, 0) is 13.0 Å². The van der Waals surface area contributed by atoms with E-state index in [0.717, 1.165) is 23.6 Å². The van der Waals surface area contributed by atoms with E-state index in [1.807, 2.05) is 18.2 Å². The van der Waals surface area contributed by atoms with Crippen molar-refractivity contribution in [1.82, 2.24) is 0 Å².